The van der Waals surface area contributed by atoms with E-state index in [4.69, 9.17) is 4.74 Å². The van der Waals surface area contributed by atoms with Gasteiger partial charge in [0.25, 0.3) is 0 Å². The highest BCUT2D eigenvalue weighted by atomic mass is 16.5. The summed E-state index contributed by atoms with van der Waals surface area (Å²) < 4.78 is 5.36. The fourth-order valence-corrected chi connectivity index (χ4v) is 2.54. The van der Waals surface area contributed by atoms with E-state index < -0.39 is 0 Å². The zero-order valence-corrected chi connectivity index (χ0v) is 13.5. The van der Waals surface area contributed by atoms with Gasteiger partial charge in [-0.2, -0.15) is 0 Å². The number of nitrogens with one attached hydrogen (secondary N) is 2. The van der Waals surface area contributed by atoms with Crippen LogP contribution in [0.25, 0.3) is 0 Å². The number of para-hydroxylation sites is 1. The van der Waals surface area contributed by atoms with Crippen molar-refractivity contribution in [2.75, 3.05) is 50.0 Å². The zero-order valence-electron chi connectivity index (χ0n) is 13.5. The van der Waals surface area contributed by atoms with Gasteiger partial charge in [0.1, 0.15) is 18.0 Å². The monoisotopic (exact) mass is 313 g/mol. The van der Waals surface area contributed by atoms with Crippen molar-refractivity contribution < 1.29 is 4.74 Å². The molecular formula is C17H23N5O. The number of morpholine rings is 1. The highest BCUT2D eigenvalue weighted by Crippen LogP contribution is 2.19. The van der Waals surface area contributed by atoms with Gasteiger partial charge in [-0.15, -0.1) is 0 Å². The zero-order chi connectivity index (χ0) is 15.9. The third-order valence-electron chi connectivity index (χ3n) is 3.91. The van der Waals surface area contributed by atoms with Gasteiger partial charge in [-0.1, -0.05) is 18.2 Å². The molecule has 23 heavy (non-hydrogen) atoms. The van der Waals surface area contributed by atoms with Crippen LogP contribution >= 0.6 is 0 Å². The molecular weight excluding hydrogens is 290 g/mol. The molecule has 0 radical (unpaired) electrons. The number of ether oxygens (including phenoxy) is 1. The Hall–Kier alpha value is -2.18. The van der Waals surface area contributed by atoms with Gasteiger partial charge >= 0.3 is 0 Å². The number of rotatable bonds is 6. The van der Waals surface area contributed by atoms with E-state index in [2.05, 4.69) is 38.5 Å². The van der Waals surface area contributed by atoms with Crippen LogP contribution in [0, 0.1) is 6.92 Å². The van der Waals surface area contributed by atoms with Gasteiger partial charge in [0, 0.05) is 37.9 Å². The molecule has 6 heteroatoms. The first-order valence-corrected chi connectivity index (χ1v) is 8.00. The first-order valence-electron chi connectivity index (χ1n) is 8.00. The number of aryl methyl sites for hydroxylation is 1. The van der Waals surface area contributed by atoms with Crippen molar-refractivity contribution in [1.82, 2.24) is 14.9 Å². The Bertz CT molecular complexity index is 628. The van der Waals surface area contributed by atoms with Gasteiger partial charge in [0.15, 0.2) is 0 Å². The average Bonchev–Trinajstić information content (AvgIpc) is 2.58. The van der Waals surface area contributed by atoms with Crippen LogP contribution in [0.1, 0.15) is 5.56 Å². The van der Waals surface area contributed by atoms with Crippen LogP contribution in [-0.2, 0) is 4.74 Å². The van der Waals surface area contributed by atoms with Gasteiger partial charge in [-0.3, -0.25) is 4.90 Å². The molecule has 0 unspecified atom stereocenters. The van der Waals surface area contributed by atoms with Crippen LogP contribution in [0.4, 0.5) is 17.3 Å². The van der Waals surface area contributed by atoms with Gasteiger partial charge in [0.2, 0.25) is 0 Å². The number of benzene rings is 1. The quantitative estimate of drug-likeness (QED) is 0.853. The summed E-state index contributed by atoms with van der Waals surface area (Å²) in [5.74, 6) is 1.63. The van der Waals surface area contributed by atoms with E-state index in [1.165, 1.54) is 5.56 Å². The molecule has 2 heterocycles. The van der Waals surface area contributed by atoms with E-state index in [9.17, 15) is 0 Å². The standard InChI is InChI=1S/C17H23N5O/c1-14-4-2-3-5-15(14)21-17-12-16(19-13-20-17)18-6-7-22-8-10-23-11-9-22/h2-5,12-13H,6-11H2,1H3,(H2,18,19,20,21). The van der Waals surface area contributed by atoms with E-state index in [1.807, 2.05) is 24.3 Å². The summed E-state index contributed by atoms with van der Waals surface area (Å²) >= 11 is 0. The summed E-state index contributed by atoms with van der Waals surface area (Å²) in [5.41, 5.74) is 2.25. The lowest BCUT2D eigenvalue weighted by Gasteiger charge is -2.26. The fraction of sp³-hybridized carbons (Fsp3) is 0.412. The highest BCUT2D eigenvalue weighted by molar-refractivity contribution is 5.61. The van der Waals surface area contributed by atoms with E-state index in [1.54, 1.807) is 6.33 Å². The third kappa shape index (κ3) is 4.64. The van der Waals surface area contributed by atoms with Crippen LogP contribution in [0.15, 0.2) is 36.7 Å². The predicted octanol–water partition coefficient (Wildman–Crippen LogP) is 2.27. The number of hydrogen-bond donors (Lipinski definition) is 2. The van der Waals surface area contributed by atoms with E-state index in [-0.39, 0.29) is 0 Å². The predicted molar refractivity (Wildman–Crippen MR) is 92.2 cm³/mol. The van der Waals surface area contributed by atoms with Crippen molar-refractivity contribution in [3.05, 3.63) is 42.2 Å². The first-order chi connectivity index (χ1) is 11.3. The van der Waals surface area contributed by atoms with Crippen LogP contribution in [-0.4, -0.2) is 54.3 Å². The molecule has 3 rings (SSSR count). The highest BCUT2D eigenvalue weighted by Gasteiger charge is 2.09. The number of nitrogens with zero attached hydrogens (tertiary/aromatic N) is 3. The van der Waals surface area contributed by atoms with Gasteiger partial charge in [-0.05, 0) is 18.6 Å². The molecule has 0 aliphatic carbocycles. The Balaban J connectivity index is 1.53. The van der Waals surface area contributed by atoms with Crippen molar-refractivity contribution in [2.24, 2.45) is 0 Å². The van der Waals surface area contributed by atoms with Gasteiger partial charge in [-0.25, -0.2) is 9.97 Å². The molecule has 1 saturated heterocycles. The molecule has 1 fully saturated rings. The summed E-state index contributed by atoms with van der Waals surface area (Å²) in [7, 11) is 0. The molecule has 1 aliphatic rings. The molecule has 2 aromatic rings. The van der Waals surface area contributed by atoms with E-state index in [0.29, 0.717) is 0 Å². The maximum atomic E-state index is 5.36. The Labute approximate surface area is 136 Å². The Morgan fingerprint density at radius 2 is 1.91 bits per heavy atom. The van der Waals surface area contributed by atoms with E-state index in [0.717, 1.165) is 56.7 Å². The smallest absolute Gasteiger partial charge is 0.135 e. The summed E-state index contributed by atoms with van der Waals surface area (Å²) in [5, 5.41) is 6.69. The maximum Gasteiger partial charge on any atom is 0.135 e. The minimum Gasteiger partial charge on any atom is -0.379 e. The first kappa shape index (κ1) is 15.7. The fourth-order valence-electron chi connectivity index (χ4n) is 2.54. The topological polar surface area (TPSA) is 62.3 Å². The van der Waals surface area contributed by atoms with Crippen LogP contribution in [0.3, 0.4) is 0 Å². The minimum atomic E-state index is 0.795. The SMILES string of the molecule is Cc1ccccc1Nc1cc(NCCN2CCOCC2)ncn1. The lowest BCUT2D eigenvalue weighted by atomic mass is 10.2. The Morgan fingerprint density at radius 1 is 1.13 bits per heavy atom. The van der Waals surface area contributed by atoms with Crippen molar-refractivity contribution >= 4 is 17.3 Å². The average molecular weight is 313 g/mol. The van der Waals surface area contributed by atoms with Crippen molar-refractivity contribution in [3.8, 4) is 0 Å². The molecule has 0 atom stereocenters. The summed E-state index contributed by atoms with van der Waals surface area (Å²) in [4.78, 5) is 11.0. The molecule has 6 nitrogen and oxygen atoms in total. The van der Waals surface area contributed by atoms with Crippen molar-refractivity contribution in [3.63, 3.8) is 0 Å². The molecule has 0 saturated carbocycles. The largest absolute Gasteiger partial charge is 0.379 e. The lowest BCUT2D eigenvalue weighted by Crippen LogP contribution is -2.39. The minimum absolute atomic E-state index is 0.795. The number of anilines is 3. The van der Waals surface area contributed by atoms with Crippen molar-refractivity contribution in [1.29, 1.82) is 0 Å². The summed E-state index contributed by atoms with van der Waals surface area (Å²) in [6, 6.07) is 10.1. The second-order valence-corrected chi connectivity index (χ2v) is 5.61. The number of aromatic nitrogens is 2. The summed E-state index contributed by atoms with van der Waals surface area (Å²) in [6.45, 7) is 7.60. The van der Waals surface area contributed by atoms with E-state index >= 15 is 0 Å². The molecule has 0 bridgehead atoms. The molecule has 0 spiro atoms. The van der Waals surface area contributed by atoms with Crippen molar-refractivity contribution in [2.45, 2.75) is 6.92 Å². The molecule has 1 aromatic heterocycles. The molecule has 1 aromatic carbocycles. The molecule has 1 aliphatic heterocycles. The molecule has 2 N–H and O–H groups in total. The second kappa shape index (κ2) is 7.89. The number of hydrogen-bond acceptors (Lipinski definition) is 6. The molecule has 0 amide bonds. The Kier molecular flexibility index (Phi) is 5.39. The third-order valence-corrected chi connectivity index (χ3v) is 3.91. The molecule has 122 valence electrons. The van der Waals surface area contributed by atoms with Crippen LogP contribution in [0.2, 0.25) is 0 Å². The summed E-state index contributed by atoms with van der Waals surface area (Å²) in [6.07, 6.45) is 1.58. The normalized spacial score (nSPS) is 15.3. The maximum absolute atomic E-state index is 5.36. The van der Waals surface area contributed by atoms with Crippen LogP contribution < -0.4 is 10.6 Å². The van der Waals surface area contributed by atoms with Gasteiger partial charge < -0.3 is 15.4 Å². The van der Waals surface area contributed by atoms with Crippen LogP contribution in [0.5, 0.6) is 0 Å². The lowest BCUT2D eigenvalue weighted by molar-refractivity contribution is 0.0398. The Morgan fingerprint density at radius 3 is 2.74 bits per heavy atom. The van der Waals surface area contributed by atoms with Gasteiger partial charge in [0.05, 0.1) is 13.2 Å². The second-order valence-electron chi connectivity index (χ2n) is 5.61.